The van der Waals surface area contributed by atoms with Crippen molar-refractivity contribution in [3.05, 3.63) is 0 Å². The third kappa shape index (κ3) is 3.66. The fraction of sp³-hybridized carbons (Fsp3) is 0.909. The summed E-state index contributed by atoms with van der Waals surface area (Å²) in [6, 6.07) is 0.352. The van der Waals surface area contributed by atoms with E-state index in [4.69, 9.17) is 5.73 Å². The lowest BCUT2D eigenvalue weighted by Gasteiger charge is -2.21. The first kappa shape index (κ1) is 11.5. The summed E-state index contributed by atoms with van der Waals surface area (Å²) in [6.07, 6.45) is 2.48. The molecule has 0 aromatic heterocycles. The van der Waals surface area contributed by atoms with Gasteiger partial charge in [0.1, 0.15) is 0 Å². The molecule has 1 fully saturated rings. The van der Waals surface area contributed by atoms with Crippen LogP contribution < -0.4 is 5.73 Å². The Bertz CT molecular complexity index is 205. The van der Waals surface area contributed by atoms with Gasteiger partial charge in [0.05, 0.1) is 11.9 Å². The highest BCUT2D eigenvalue weighted by molar-refractivity contribution is 5.85. The number of likely N-dealkylation sites (N-methyl/N-ethyl adjacent to an activating group) is 1. The fourth-order valence-corrected chi connectivity index (χ4v) is 1.45. The van der Waals surface area contributed by atoms with Gasteiger partial charge in [-0.3, -0.25) is 4.99 Å². The lowest BCUT2D eigenvalue weighted by Crippen LogP contribution is -2.31. The Hall–Kier alpha value is -0.570. The molecule has 1 saturated carbocycles. The summed E-state index contributed by atoms with van der Waals surface area (Å²) in [7, 11) is 4.16. The van der Waals surface area contributed by atoms with Gasteiger partial charge < -0.3 is 10.6 Å². The summed E-state index contributed by atoms with van der Waals surface area (Å²) < 4.78 is 0. The molecule has 1 rings (SSSR count). The largest absolute Gasteiger partial charge is 0.387 e. The predicted molar refractivity (Wildman–Crippen MR) is 61.5 cm³/mol. The van der Waals surface area contributed by atoms with Crippen LogP contribution in [0, 0.1) is 11.8 Å². The van der Waals surface area contributed by atoms with E-state index in [1.54, 1.807) is 0 Å². The maximum atomic E-state index is 5.92. The molecule has 0 saturated heterocycles. The van der Waals surface area contributed by atoms with Crippen molar-refractivity contribution >= 4 is 5.84 Å². The zero-order valence-electron chi connectivity index (χ0n) is 9.83. The van der Waals surface area contributed by atoms with E-state index in [1.807, 2.05) is 0 Å². The van der Waals surface area contributed by atoms with Gasteiger partial charge in [-0.25, -0.2) is 0 Å². The molecule has 1 atom stereocenters. The molecule has 1 unspecified atom stereocenters. The third-order valence-electron chi connectivity index (χ3n) is 2.63. The number of amidine groups is 1. The number of nitrogens with two attached hydrogens (primary N) is 1. The molecule has 0 radical (unpaired) electrons. The third-order valence-corrected chi connectivity index (χ3v) is 2.63. The molecule has 0 heterocycles. The lowest BCUT2D eigenvalue weighted by atomic mass is 10.0. The molecular weight excluding hydrogens is 174 g/mol. The Kier molecular flexibility index (Phi) is 3.93. The van der Waals surface area contributed by atoms with E-state index in [-0.39, 0.29) is 0 Å². The predicted octanol–water partition coefficient (Wildman–Crippen LogP) is 1.34. The Morgan fingerprint density at radius 2 is 2.00 bits per heavy atom. The minimum atomic E-state index is 0.352. The summed E-state index contributed by atoms with van der Waals surface area (Å²) in [6.45, 7) is 5.40. The van der Waals surface area contributed by atoms with Crippen LogP contribution in [-0.2, 0) is 0 Å². The fourth-order valence-electron chi connectivity index (χ4n) is 1.45. The monoisotopic (exact) mass is 197 g/mol. The molecule has 0 aliphatic heterocycles. The molecule has 1 aliphatic rings. The van der Waals surface area contributed by atoms with Crippen LogP contribution in [0.15, 0.2) is 4.99 Å². The Balaban J connectivity index is 2.53. The van der Waals surface area contributed by atoms with E-state index >= 15 is 0 Å². The van der Waals surface area contributed by atoms with Crippen LogP contribution in [0.25, 0.3) is 0 Å². The van der Waals surface area contributed by atoms with Gasteiger partial charge in [0.2, 0.25) is 0 Å². The van der Waals surface area contributed by atoms with E-state index in [9.17, 15) is 0 Å². The smallest absolute Gasteiger partial charge is 0.0972 e. The number of hydrogen-bond donors (Lipinski definition) is 1. The molecule has 0 aromatic rings. The van der Waals surface area contributed by atoms with Crippen molar-refractivity contribution in [3.63, 3.8) is 0 Å². The van der Waals surface area contributed by atoms with Crippen molar-refractivity contribution in [1.82, 2.24) is 4.90 Å². The van der Waals surface area contributed by atoms with Crippen LogP contribution in [0.5, 0.6) is 0 Å². The number of aliphatic imine (C=N–C) groups is 1. The van der Waals surface area contributed by atoms with Gasteiger partial charge >= 0.3 is 0 Å². The first-order chi connectivity index (χ1) is 6.50. The summed E-state index contributed by atoms with van der Waals surface area (Å²) in [5.74, 6) is 2.04. The van der Waals surface area contributed by atoms with Gasteiger partial charge in [0.15, 0.2) is 0 Å². The second-order valence-corrected chi connectivity index (χ2v) is 4.90. The SMILES string of the molecule is CC(C)C(CN(C)C)N=C(N)C1CC1. The Morgan fingerprint density at radius 3 is 2.36 bits per heavy atom. The minimum absolute atomic E-state index is 0.352. The highest BCUT2D eigenvalue weighted by atomic mass is 15.1. The molecule has 3 nitrogen and oxygen atoms in total. The molecular formula is C11H23N3. The first-order valence-corrected chi connectivity index (χ1v) is 5.48. The summed E-state index contributed by atoms with van der Waals surface area (Å²) in [5.41, 5.74) is 5.92. The summed E-state index contributed by atoms with van der Waals surface area (Å²) >= 11 is 0. The summed E-state index contributed by atoms with van der Waals surface area (Å²) in [4.78, 5) is 6.81. The van der Waals surface area contributed by atoms with Crippen molar-refractivity contribution in [1.29, 1.82) is 0 Å². The molecule has 1 aliphatic carbocycles. The Labute approximate surface area is 87.4 Å². The molecule has 3 heteroatoms. The Morgan fingerprint density at radius 1 is 1.43 bits per heavy atom. The normalized spacial score (nSPS) is 20.6. The zero-order valence-corrected chi connectivity index (χ0v) is 9.83. The first-order valence-electron chi connectivity index (χ1n) is 5.48. The second-order valence-electron chi connectivity index (χ2n) is 4.90. The van der Waals surface area contributed by atoms with Crippen molar-refractivity contribution in [2.75, 3.05) is 20.6 Å². The van der Waals surface area contributed by atoms with Crippen molar-refractivity contribution in [3.8, 4) is 0 Å². The molecule has 0 bridgehead atoms. The molecule has 2 N–H and O–H groups in total. The molecule has 0 spiro atoms. The average Bonchev–Trinajstić information content (AvgIpc) is 2.83. The van der Waals surface area contributed by atoms with Gasteiger partial charge in [-0.05, 0) is 32.9 Å². The van der Waals surface area contributed by atoms with Gasteiger partial charge in [-0.15, -0.1) is 0 Å². The van der Waals surface area contributed by atoms with E-state index in [2.05, 4.69) is 37.8 Å². The van der Waals surface area contributed by atoms with Crippen molar-refractivity contribution in [2.24, 2.45) is 22.6 Å². The maximum absolute atomic E-state index is 5.92. The van der Waals surface area contributed by atoms with Crippen LogP contribution in [0.1, 0.15) is 26.7 Å². The van der Waals surface area contributed by atoms with Gasteiger partial charge in [-0.2, -0.15) is 0 Å². The van der Waals surface area contributed by atoms with Gasteiger partial charge in [0.25, 0.3) is 0 Å². The highest BCUT2D eigenvalue weighted by Crippen LogP contribution is 2.29. The molecule has 14 heavy (non-hydrogen) atoms. The summed E-state index contributed by atoms with van der Waals surface area (Å²) in [5, 5.41) is 0. The maximum Gasteiger partial charge on any atom is 0.0972 e. The number of hydrogen-bond acceptors (Lipinski definition) is 2. The van der Waals surface area contributed by atoms with E-state index in [0.717, 1.165) is 12.4 Å². The van der Waals surface area contributed by atoms with Crippen LogP contribution >= 0.6 is 0 Å². The minimum Gasteiger partial charge on any atom is -0.387 e. The molecule has 0 amide bonds. The van der Waals surface area contributed by atoms with Crippen LogP contribution in [-0.4, -0.2) is 37.4 Å². The topological polar surface area (TPSA) is 41.6 Å². The van der Waals surface area contributed by atoms with Gasteiger partial charge in [-0.1, -0.05) is 13.8 Å². The van der Waals surface area contributed by atoms with Crippen LogP contribution in [0.2, 0.25) is 0 Å². The zero-order chi connectivity index (χ0) is 10.7. The lowest BCUT2D eigenvalue weighted by molar-refractivity contribution is 0.331. The number of nitrogens with zero attached hydrogens (tertiary/aromatic N) is 2. The standard InChI is InChI=1S/C11H23N3/c1-8(2)10(7-14(3)4)13-11(12)9-5-6-9/h8-10H,5-7H2,1-4H3,(H2,12,13). The molecule has 0 aromatic carbocycles. The molecule has 82 valence electrons. The average molecular weight is 197 g/mol. The van der Waals surface area contributed by atoms with Crippen LogP contribution in [0.4, 0.5) is 0 Å². The van der Waals surface area contributed by atoms with E-state index < -0.39 is 0 Å². The van der Waals surface area contributed by atoms with Gasteiger partial charge in [0, 0.05) is 12.5 Å². The highest BCUT2D eigenvalue weighted by Gasteiger charge is 2.26. The van der Waals surface area contributed by atoms with Crippen molar-refractivity contribution in [2.45, 2.75) is 32.7 Å². The van der Waals surface area contributed by atoms with Crippen LogP contribution in [0.3, 0.4) is 0 Å². The second kappa shape index (κ2) is 4.78. The van der Waals surface area contributed by atoms with Crippen molar-refractivity contribution < 1.29 is 0 Å². The quantitative estimate of drug-likeness (QED) is 0.534. The van der Waals surface area contributed by atoms with E-state index in [0.29, 0.717) is 17.9 Å². The number of rotatable bonds is 5. The van der Waals surface area contributed by atoms with E-state index in [1.165, 1.54) is 12.8 Å².